The second-order valence-electron chi connectivity index (χ2n) is 19.7. The summed E-state index contributed by atoms with van der Waals surface area (Å²) in [5.41, 5.74) is 14.9. The van der Waals surface area contributed by atoms with Crippen LogP contribution in [-0.4, -0.2) is 19.1 Å². The van der Waals surface area contributed by atoms with Crippen LogP contribution < -0.4 is 0 Å². The highest BCUT2D eigenvalue weighted by Crippen LogP contribution is 2.51. The number of allylic oxidation sites excluding steroid dienone is 2. The van der Waals surface area contributed by atoms with Gasteiger partial charge < -0.3 is 4.57 Å². The molecule has 3 aromatic heterocycles. The van der Waals surface area contributed by atoms with E-state index in [1.807, 2.05) is 6.08 Å². The first kappa shape index (κ1) is 39.2. The van der Waals surface area contributed by atoms with E-state index in [2.05, 4.69) is 231 Å². The molecule has 15 rings (SSSR count). The number of hydrogen-bond donors (Lipinski definition) is 0. The van der Waals surface area contributed by atoms with E-state index in [4.69, 9.17) is 9.97 Å². The average Bonchev–Trinajstić information content (AvgIpc) is 3.97. The SMILES string of the molecule is C=C/C=C\c1c(C)n(-c2nc(-c3ccc4c(c3)C(C)(C)c3ccccc3-4)c3ccccc3n2)c2cc3c4cc5c(c6cccc(c7cccc(c12)c73)c46)c1ccccc1n5-c1cccc2ccccc12. The molecular formula is C66H44N4. The van der Waals surface area contributed by atoms with Crippen LogP contribution in [0.5, 0.6) is 0 Å². The highest BCUT2D eigenvalue weighted by molar-refractivity contribution is 6.40. The zero-order valence-electron chi connectivity index (χ0n) is 39.0. The van der Waals surface area contributed by atoms with Crippen molar-refractivity contribution in [2.24, 2.45) is 0 Å². The van der Waals surface area contributed by atoms with Crippen molar-refractivity contribution in [1.29, 1.82) is 0 Å². The molecule has 0 saturated heterocycles. The smallest absolute Gasteiger partial charge is 0.235 e. The number of hydrogen-bond acceptors (Lipinski definition) is 2. The fourth-order valence-electron chi connectivity index (χ4n) is 12.7. The summed E-state index contributed by atoms with van der Waals surface area (Å²) < 4.78 is 4.81. The van der Waals surface area contributed by atoms with Crippen molar-refractivity contribution in [1.82, 2.24) is 19.1 Å². The minimum absolute atomic E-state index is 0.148. The summed E-state index contributed by atoms with van der Waals surface area (Å²) in [6.07, 6.45) is 6.13. The highest BCUT2D eigenvalue weighted by atomic mass is 15.2. The number of rotatable bonds is 5. The van der Waals surface area contributed by atoms with Crippen molar-refractivity contribution in [2.75, 3.05) is 0 Å². The zero-order chi connectivity index (χ0) is 46.6. The standard InChI is InChI=1S/C66H44N4/c1-5-6-20-41-38(2)69(65-67-55-30-13-10-23-47(55)64(68-65)40-33-34-44-43-22-9-12-29-53(43)66(3,4)54(44)35-40)58-36-51-52-37-59-63(50-28-17-26-46(61(50)52)45-25-16-27-49(60(45)51)62(41)58)48-24-11-14-31-57(48)70(59)56-32-15-19-39-18-7-8-21-42(39)56/h5-37H,1H2,2-4H3/b20-6-. The van der Waals surface area contributed by atoms with E-state index in [1.165, 1.54) is 109 Å². The van der Waals surface area contributed by atoms with Gasteiger partial charge in [-0.1, -0.05) is 184 Å². The summed E-state index contributed by atoms with van der Waals surface area (Å²) in [4.78, 5) is 11.1. The van der Waals surface area contributed by atoms with Crippen LogP contribution in [-0.2, 0) is 5.41 Å². The van der Waals surface area contributed by atoms with Gasteiger partial charge in [0.15, 0.2) is 0 Å². The van der Waals surface area contributed by atoms with Gasteiger partial charge in [0.05, 0.1) is 33.4 Å². The van der Waals surface area contributed by atoms with E-state index in [0.29, 0.717) is 5.95 Å². The molecule has 70 heavy (non-hydrogen) atoms. The predicted molar refractivity (Wildman–Crippen MR) is 296 cm³/mol. The fourth-order valence-corrected chi connectivity index (χ4v) is 12.7. The van der Waals surface area contributed by atoms with Crippen molar-refractivity contribution in [3.63, 3.8) is 0 Å². The maximum absolute atomic E-state index is 5.65. The van der Waals surface area contributed by atoms with Crippen molar-refractivity contribution in [2.45, 2.75) is 26.2 Å². The molecule has 328 valence electrons. The van der Waals surface area contributed by atoms with Crippen LogP contribution in [0.4, 0.5) is 0 Å². The molecule has 0 unspecified atom stereocenters. The molecule has 14 aromatic rings. The van der Waals surface area contributed by atoms with Gasteiger partial charge in [0.2, 0.25) is 5.95 Å². The molecule has 4 heteroatoms. The summed E-state index contributed by atoms with van der Waals surface area (Å²) in [6, 6.07) is 67.3. The second kappa shape index (κ2) is 14.1. The summed E-state index contributed by atoms with van der Waals surface area (Å²) >= 11 is 0. The molecule has 0 atom stereocenters. The molecule has 0 aliphatic heterocycles. The van der Waals surface area contributed by atoms with Crippen LogP contribution in [0.2, 0.25) is 0 Å². The molecule has 1 aliphatic carbocycles. The lowest BCUT2D eigenvalue weighted by atomic mass is 9.82. The van der Waals surface area contributed by atoms with Gasteiger partial charge in [0.25, 0.3) is 0 Å². The zero-order valence-corrected chi connectivity index (χ0v) is 39.0. The summed E-state index contributed by atoms with van der Waals surface area (Å²) in [6.45, 7) is 11.0. The van der Waals surface area contributed by atoms with Gasteiger partial charge in [-0.05, 0) is 114 Å². The molecule has 0 saturated carbocycles. The van der Waals surface area contributed by atoms with E-state index in [9.17, 15) is 0 Å². The third-order valence-corrected chi connectivity index (χ3v) is 15.8. The molecule has 1 aliphatic rings. The first-order valence-electron chi connectivity index (χ1n) is 24.3. The molecule has 0 radical (unpaired) electrons. The minimum Gasteiger partial charge on any atom is -0.309 e. The van der Waals surface area contributed by atoms with Crippen LogP contribution >= 0.6 is 0 Å². The van der Waals surface area contributed by atoms with Gasteiger partial charge in [-0.3, -0.25) is 4.57 Å². The van der Waals surface area contributed by atoms with Crippen LogP contribution in [0.3, 0.4) is 0 Å². The normalized spacial score (nSPS) is 13.5. The molecule has 0 spiro atoms. The third-order valence-electron chi connectivity index (χ3n) is 15.8. The first-order valence-corrected chi connectivity index (χ1v) is 24.3. The lowest BCUT2D eigenvalue weighted by molar-refractivity contribution is 0.660. The summed E-state index contributed by atoms with van der Waals surface area (Å²) in [5, 5.41) is 17.1. The van der Waals surface area contributed by atoms with Crippen LogP contribution in [0, 0.1) is 6.92 Å². The van der Waals surface area contributed by atoms with Gasteiger partial charge in [0, 0.05) is 49.2 Å². The van der Waals surface area contributed by atoms with E-state index in [1.54, 1.807) is 0 Å². The van der Waals surface area contributed by atoms with Crippen LogP contribution in [0.25, 0.3) is 138 Å². The van der Waals surface area contributed by atoms with Gasteiger partial charge in [0.1, 0.15) is 0 Å². The Labute approximate surface area is 404 Å². The summed E-state index contributed by atoms with van der Waals surface area (Å²) in [7, 11) is 0. The molecular weight excluding hydrogens is 849 g/mol. The Hall–Kier alpha value is -8.86. The quantitative estimate of drug-likeness (QED) is 0.0980. The van der Waals surface area contributed by atoms with Crippen molar-refractivity contribution in [3.05, 3.63) is 223 Å². The van der Waals surface area contributed by atoms with E-state index in [-0.39, 0.29) is 5.41 Å². The maximum Gasteiger partial charge on any atom is 0.235 e. The Bertz CT molecular complexity index is 4650. The van der Waals surface area contributed by atoms with E-state index in [0.717, 1.165) is 38.9 Å². The van der Waals surface area contributed by atoms with E-state index >= 15 is 0 Å². The number of fused-ring (bicyclic) bond motifs is 13. The Morgan fingerprint density at radius 1 is 0.471 bits per heavy atom. The average molecular weight is 893 g/mol. The number of para-hydroxylation sites is 2. The largest absolute Gasteiger partial charge is 0.309 e. The fraction of sp³-hybridized carbons (Fsp3) is 0.0606. The van der Waals surface area contributed by atoms with Gasteiger partial charge >= 0.3 is 0 Å². The Kier molecular flexibility index (Phi) is 7.89. The molecule has 4 nitrogen and oxygen atoms in total. The van der Waals surface area contributed by atoms with Gasteiger partial charge in [-0.25, -0.2) is 9.97 Å². The predicted octanol–water partition coefficient (Wildman–Crippen LogP) is 17.4. The number of benzene rings is 11. The van der Waals surface area contributed by atoms with E-state index < -0.39 is 0 Å². The monoisotopic (exact) mass is 892 g/mol. The lowest BCUT2D eigenvalue weighted by Crippen LogP contribution is -2.15. The van der Waals surface area contributed by atoms with Crippen LogP contribution in [0.15, 0.2) is 201 Å². The second-order valence-corrected chi connectivity index (χ2v) is 19.7. The molecule has 11 aromatic carbocycles. The first-order chi connectivity index (χ1) is 34.4. The highest BCUT2D eigenvalue weighted by Gasteiger charge is 2.35. The third kappa shape index (κ3) is 5.09. The number of nitrogens with zero attached hydrogens (tertiary/aromatic N) is 4. The number of aromatic nitrogens is 4. The molecule has 3 heterocycles. The van der Waals surface area contributed by atoms with Crippen LogP contribution in [0.1, 0.15) is 36.2 Å². The Morgan fingerprint density at radius 3 is 1.89 bits per heavy atom. The molecule has 0 N–H and O–H groups in total. The summed E-state index contributed by atoms with van der Waals surface area (Å²) in [5.74, 6) is 0.646. The van der Waals surface area contributed by atoms with Gasteiger partial charge in [-0.15, -0.1) is 0 Å². The minimum atomic E-state index is -0.148. The maximum atomic E-state index is 5.65. The van der Waals surface area contributed by atoms with Gasteiger partial charge in [-0.2, -0.15) is 0 Å². The molecule has 0 amide bonds. The molecule has 0 bridgehead atoms. The Morgan fingerprint density at radius 2 is 1.09 bits per heavy atom. The van der Waals surface area contributed by atoms with Crippen molar-refractivity contribution >= 4 is 104 Å². The lowest BCUT2D eigenvalue weighted by Gasteiger charge is -2.22. The Balaban J connectivity index is 1.07. The topological polar surface area (TPSA) is 35.6 Å². The molecule has 0 fully saturated rings. The van der Waals surface area contributed by atoms with Crippen molar-refractivity contribution in [3.8, 4) is 34.0 Å². The van der Waals surface area contributed by atoms with Crippen molar-refractivity contribution < 1.29 is 0 Å².